The van der Waals surface area contributed by atoms with Crippen LogP contribution in [0, 0.1) is 5.92 Å². The third-order valence-corrected chi connectivity index (χ3v) is 4.16. The summed E-state index contributed by atoms with van der Waals surface area (Å²) in [6.07, 6.45) is 1.87. The van der Waals surface area contributed by atoms with E-state index in [-0.39, 0.29) is 23.7 Å². The normalized spacial score (nSPS) is 19.0. The molecule has 1 aliphatic rings. The quantitative estimate of drug-likeness (QED) is 0.834. The minimum atomic E-state index is -0.167. The summed E-state index contributed by atoms with van der Waals surface area (Å²) in [7, 11) is 0. The Hall–Kier alpha value is -2.62. The Balaban J connectivity index is 1.39. The first kappa shape index (κ1) is 15.3. The largest absolute Gasteiger partial charge is 0.273 e. The van der Waals surface area contributed by atoms with Crippen molar-refractivity contribution in [1.82, 2.24) is 10.9 Å². The molecule has 118 valence electrons. The molecule has 0 heterocycles. The van der Waals surface area contributed by atoms with Gasteiger partial charge in [-0.1, -0.05) is 60.7 Å². The fourth-order valence-corrected chi connectivity index (χ4v) is 2.74. The number of aryl methyl sites for hydroxylation is 1. The summed E-state index contributed by atoms with van der Waals surface area (Å²) in [5.74, 6) is -0.0322. The lowest BCUT2D eigenvalue weighted by Crippen LogP contribution is -2.42. The Morgan fingerprint density at radius 3 is 2.26 bits per heavy atom. The van der Waals surface area contributed by atoms with Gasteiger partial charge in [-0.2, -0.15) is 0 Å². The van der Waals surface area contributed by atoms with Crippen molar-refractivity contribution in [1.29, 1.82) is 0 Å². The minimum Gasteiger partial charge on any atom is -0.273 e. The summed E-state index contributed by atoms with van der Waals surface area (Å²) in [5, 5.41) is 0. The van der Waals surface area contributed by atoms with Crippen LogP contribution in [0.4, 0.5) is 0 Å². The van der Waals surface area contributed by atoms with Crippen LogP contribution in [0.1, 0.15) is 29.9 Å². The van der Waals surface area contributed by atoms with Crippen LogP contribution in [0.15, 0.2) is 60.7 Å². The number of benzene rings is 2. The van der Waals surface area contributed by atoms with E-state index in [0.717, 1.165) is 12.0 Å². The lowest BCUT2D eigenvalue weighted by atomic mass is 10.1. The van der Waals surface area contributed by atoms with Crippen molar-refractivity contribution in [2.75, 3.05) is 0 Å². The smallest absolute Gasteiger partial charge is 0.242 e. The summed E-state index contributed by atoms with van der Waals surface area (Å²) in [6, 6.07) is 19.8. The maximum absolute atomic E-state index is 12.0. The van der Waals surface area contributed by atoms with E-state index in [0.29, 0.717) is 12.8 Å². The third kappa shape index (κ3) is 4.19. The summed E-state index contributed by atoms with van der Waals surface area (Å²) >= 11 is 0. The van der Waals surface area contributed by atoms with Gasteiger partial charge in [0.15, 0.2) is 0 Å². The van der Waals surface area contributed by atoms with Crippen molar-refractivity contribution in [2.24, 2.45) is 5.92 Å². The van der Waals surface area contributed by atoms with Gasteiger partial charge in [0.2, 0.25) is 11.8 Å². The number of amides is 2. The number of carbonyl (C=O) groups excluding carboxylic acids is 2. The molecule has 4 nitrogen and oxygen atoms in total. The van der Waals surface area contributed by atoms with Crippen LogP contribution < -0.4 is 10.9 Å². The van der Waals surface area contributed by atoms with Gasteiger partial charge in [-0.25, -0.2) is 0 Å². The van der Waals surface area contributed by atoms with E-state index >= 15 is 0 Å². The van der Waals surface area contributed by atoms with Crippen LogP contribution in [0.5, 0.6) is 0 Å². The van der Waals surface area contributed by atoms with Crippen LogP contribution in [0.25, 0.3) is 0 Å². The molecule has 0 spiro atoms. The van der Waals surface area contributed by atoms with Crippen molar-refractivity contribution >= 4 is 11.8 Å². The molecule has 1 saturated carbocycles. The summed E-state index contributed by atoms with van der Waals surface area (Å²) < 4.78 is 0. The van der Waals surface area contributed by atoms with E-state index in [4.69, 9.17) is 0 Å². The molecular formula is C19H20N2O2. The second-order valence-corrected chi connectivity index (χ2v) is 5.88. The second-order valence-electron chi connectivity index (χ2n) is 5.88. The first-order valence-electron chi connectivity index (χ1n) is 7.91. The topological polar surface area (TPSA) is 58.2 Å². The molecule has 1 fully saturated rings. The maximum atomic E-state index is 12.0. The number of hydrogen-bond acceptors (Lipinski definition) is 2. The Bertz CT molecular complexity index is 670. The van der Waals surface area contributed by atoms with Gasteiger partial charge in [0.25, 0.3) is 0 Å². The number of hydrazine groups is 1. The third-order valence-electron chi connectivity index (χ3n) is 4.16. The molecular weight excluding hydrogens is 288 g/mol. The average Bonchev–Trinajstić information content (AvgIpc) is 3.40. The molecule has 2 atom stereocenters. The van der Waals surface area contributed by atoms with E-state index in [2.05, 4.69) is 10.9 Å². The predicted molar refractivity (Wildman–Crippen MR) is 88.3 cm³/mol. The highest BCUT2D eigenvalue weighted by Gasteiger charge is 2.43. The first-order valence-corrected chi connectivity index (χ1v) is 7.91. The lowest BCUT2D eigenvalue weighted by Gasteiger charge is -2.07. The fraction of sp³-hybridized carbons (Fsp3) is 0.263. The number of nitrogens with one attached hydrogen (secondary N) is 2. The molecule has 0 aliphatic heterocycles. The lowest BCUT2D eigenvalue weighted by molar-refractivity contribution is -0.129. The highest BCUT2D eigenvalue weighted by molar-refractivity contribution is 5.86. The number of hydrogen-bond donors (Lipinski definition) is 2. The second kappa shape index (κ2) is 7.09. The Morgan fingerprint density at radius 2 is 1.57 bits per heavy atom. The van der Waals surface area contributed by atoms with Crippen molar-refractivity contribution in [2.45, 2.75) is 25.2 Å². The molecule has 2 N–H and O–H groups in total. The number of carbonyl (C=O) groups is 2. The van der Waals surface area contributed by atoms with Gasteiger partial charge in [0.1, 0.15) is 0 Å². The first-order chi connectivity index (χ1) is 11.2. The Labute approximate surface area is 135 Å². The fourth-order valence-electron chi connectivity index (χ4n) is 2.74. The van der Waals surface area contributed by atoms with Crippen LogP contribution >= 0.6 is 0 Å². The van der Waals surface area contributed by atoms with Gasteiger partial charge in [0.05, 0.1) is 0 Å². The van der Waals surface area contributed by atoms with Crippen molar-refractivity contribution in [3.05, 3.63) is 71.8 Å². The van der Waals surface area contributed by atoms with E-state index in [1.807, 2.05) is 60.7 Å². The monoisotopic (exact) mass is 308 g/mol. The molecule has 2 aromatic carbocycles. The van der Waals surface area contributed by atoms with Gasteiger partial charge in [-0.3, -0.25) is 20.4 Å². The molecule has 2 aromatic rings. The highest BCUT2D eigenvalue weighted by Crippen LogP contribution is 2.47. The van der Waals surface area contributed by atoms with Crippen LogP contribution in [0.2, 0.25) is 0 Å². The van der Waals surface area contributed by atoms with Crippen molar-refractivity contribution in [3.63, 3.8) is 0 Å². The Kier molecular flexibility index (Phi) is 4.71. The molecule has 1 aliphatic carbocycles. The van der Waals surface area contributed by atoms with Gasteiger partial charge in [0, 0.05) is 12.3 Å². The zero-order chi connectivity index (χ0) is 16.1. The highest BCUT2D eigenvalue weighted by atomic mass is 16.2. The standard InChI is InChI=1S/C19H20N2O2/c22-18(12-11-14-7-3-1-4-8-14)20-21-19(23)17-13-16(17)15-9-5-2-6-10-15/h1-10,16-17H,11-13H2,(H,20,22)(H,21,23)/t16-,17+/m1/s1. The van der Waals surface area contributed by atoms with Gasteiger partial charge >= 0.3 is 0 Å². The molecule has 23 heavy (non-hydrogen) atoms. The van der Waals surface area contributed by atoms with Crippen molar-refractivity contribution in [3.8, 4) is 0 Å². The van der Waals surface area contributed by atoms with Crippen LogP contribution in [0.3, 0.4) is 0 Å². The summed E-state index contributed by atoms with van der Waals surface area (Å²) in [4.78, 5) is 23.8. The maximum Gasteiger partial charge on any atom is 0.242 e. The SMILES string of the molecule is O=C(CCc1ccccc1)NNC(=O)[C@H]1C[C@@H]1c1ccccc1. The summed E-state index contributed by atoms with van der Waals surface area (Å²) in [6.45, 7) is 0. The molecule has 4 heteroatoms. The summed E-state index contributed by atoms with van der Waals surface area (Å²) in [5.41, 5.74) is 7.34. The predicted octanol–water partition coefficient (Wildman–Crippen LogP) is 2.57. The van der Waals surface area contributed by atoms with E-state index < -0.39 is 0 Å². The van der Waals surface area contributed by atoms with E-state index in [1.54, 1.807) is 0 Å². The van der Waals surface area contributed by atoms with E-state index in [9.17, 15) is 9.59 Å². The molecule has 0 aromatic heterocycles. The van der Waals surface area contributed by atoms with Gasteiger partial charge in [-0.05, 0) is 29.9 Å². The zero-order valence-electron chi connectivity index (χ0n) is 12.9. The van der Waals surface area contributed by atoms with E-state index in [1.165, 1.54) is 5.56 Å². The molecule has 3 rings (SSSR count). The molecule has 0 radical (unpaired) electrons. The molecule has 0 bridgehead atoms. The number of rotatable bonds is 5. The molecule has 0 saturated heterocycles. The van der Waals surface area contributed by atoms with Crippen molar-refractivity contribution < 1.29 is 9.59 Å². The van der Waals surface area contributed by atoms with Crippen LogP contribution in [-0.4, -0.2) is 11.8 Å². The molecule has 0 unspecified atom stereocenters. The van der Waals surface area contributed by atoms with Gasteiger partial charge in [-0.15, -0.1) is 0 Å². The molecule has 2 amide bonds. The minimum absolute atomic E-state index is 0.0353. The zero-order valence-corrected chi connectivity index (χ0v) is 12.9. The average molecular weight is 308 g/mol. The Morgan fingerprint density at radius 1 is 0.913 bits per heavy atom. The van der Waals surface area contributed by atoms with Gasteiger partial charge < -0.3 is 0 Å². The van der Waals surface area contributed by atoms with Crippen LogP contribution in [-0.2, 0) is 16.0 Å².